The smallest absolute Gasteiger partial charge is 0.245 e. The number of ether oxygens (including phenoxy) is 1. The number of sulfonamides is 1. The molecular weight excluding hydrogens is 515 g/mol. The lowest BCUT2D eigenvalue weighted by molar-refractivity contribution is -0.137. The van der Waals surface area contributed by atoms with E-state index in [2.05, 4.69) is 0 Å². The van der Waals surface area contributed by atoms with Gasteiger partial charge < -0.3 is 14.2 Å². The van der Waals surface area contributed by atoms with E-state index in [1.165, 1.54) is 16.4 Å². The summed E-state index contributed by atoms with van der Waals surface area (Å²) in [7, 11) is -2.42. The summed E-state index contributed by atoms with van der Waals surface area (Å²) in [6.07, 6.45) is 3.63. The monoisotopic (exact) mass is 544 g/mol. The Morgan fingerprint density at radius 1 is 0.974 bits per heavy atom. The van der Waals surface area contributed by atoms with E-state index < -0.39 is 22.5 Å². The van der Waals surface area contributed by atoms with Gasteiger partial charge in [-0.25, -0.2) is 4.39 Å². The quantitative estimate of drug-likeness (QED) is 0.223. The third-order valence-corrected chi connectivity index (χ3v) is 9.00. The van der Waals surface area contributed by atoms with E-state index in [0.717, 1.165) is 21.9 Å². The Hall–Kier alpha value is -3.85. The minimum Gasteiger partial charge on any atom is -0.593 e. The number of benzene rings is 4. The molecule has 3 atom stereocenters. The minimum atomic E-state index is -4.00. The van der Waals surface area contributed by atoms with Gasteiger partial charge in [0.1, 0.15) is 17.6 Å². The van der Waals surface area contributed by atoms with Crippen LogP contribution in [0.15, 0.2) is 108 Å². The molecule has 8 heteroatoms. The van der Waals surface area contributed by atoms with Crippen LogP contribution in [0.2, 0.25) is 0 Å². The second-order valence-electron chi connectivity index (χ2n) is 9.50. The fraction of sp³-hybridized carbons (Fsp3) is 0.194. The molecule has 4 aromatic rings. The first-order valence-corrected chi connectivity index (χ1v) is 14.1. The largest absolute Gasteiger partial charge is 0.593 e. The van der Waals surface area contributed by atoms with E-state index in [1.54, 1.807) is 55.3 Å². The van der Waals surface area contributed by atoms with Gasteiger partial charge in [-0.2, -0.15) is 0 Å². The molecule has 6 nitrogen and oxygen atoms in total. The molecule has 39 heavy (non-hydrogen) atoms. The highest BCUT2D eigenvalue weighted by molar-refractivity contribution is 7.95. The number of carbonyl (C=O) groups excluding carboxylic acids is 1. The Morgan fingerprint density at radius 2 is 1.67 bits per heavy atom. The Morgan fingerprint density at radius 3 is 2.36 bits per heavy atom. The van der Waals surface area contributed by atoms with Crippen LogP contribution in [0.1, 0.15) is 24.1 Å². The molecule has 1 heterocycles. The summed E-state index contributed by atoms with van der Waals surface area (Å²) >= 11 is 0. The number of hydrogen-bond donors (Lipinski definition) is 0. The molecule has 0 N–H and O–H groups in total. The van der Waals surface area contributed by atoms with Crippen LogP contribution in [0.3, 0.4) is 0 Å². The molecule has 1 aliphatic heterocycles. The predicted octanol–water partition coefficient (Wildman–Crippen LogP) is 5.92. The Kier molecular flexibility index (Phi) is 7.61. The molecule has 1 amide bonds. The van der Waals surface area contributed by atoms with Crippen LogP contribution in [0.25, 0.3) is 10.8 Å². The third kappa shape index (κ3) is 5.49. The highest BCUT2D eigenvalue weighted by Crippen LogP contribution is 2.33. The van der Waals surface area contributed by atoms with Crippen molar-refractivity contribution in [3.05, 3.63) is 120 Å². The second-order valence-corrected chi connectivity index (χ2v) is 11.4. The topological polar surface area (TPSA) is 72.9 Å². The van der Waals surface area contributed by atoms with Crippen molar-refractivity contribution in [3.8, 4) is 5.75 Å². The van der Waals surface area contributed by atoms with E-state index in [1.807, 2.05) is 54.6 Å². The van der Waals surface area contributed by atoms with Crippen LogP contribution in [0, 0.1) is 5.82 Å². The van der Waals surface area contributed by atoms with Gasteiger partial charge >= 0.3 is 0 Å². The summed E-state index contributed by atoms with van der Waals surface area (Å²) in [5.74, 6) is -0.0368. The van der Waals surface area contributed by atoms with Gasteiger partial charge in [-0.15, -0.1) is 4.31 Å². The van der Waals surface area contributed by atoms with Crippen LogP contribution >= 0.6 is 0 Å². The lowest BCUT2D eigenvalue weighted by atomic mass is 10.0. The van der Waals surface area contributed by atoms with Crippen molar-refractivity contribution in [2.45, 2.75) is 30.4 Å². The maximum atomic E-state index is 14.1. The van der Waals surface area contributed by atoms with E-state index in [-0.39, 0.29) is 29.7 Å². The fourth-order valence-electron chi connectivity index (χ4n) is 4.88. The molecule has 200 valence electrons. The zero-order chi connectivity index (χ0) is 27.6. The molecule has 0 saturated heterocycles. The van der Waals surface area contributed by atoms with E-state index >= 15 is 0 Å². The molecule has 0 aromatic heterocycles. The zero-order valence-corrected chi connectivity index (χ0v) is 22.5. The molecule has 3 unspecified atom stereocenters. The van der Waals surface area contributed by atoms with Gasteiger partial charge in [0.25, 0.3) is 0 Å². The van der Waals surface area contributed by atoms with E-state index in [9.17, 15) is 17.9 Å². The van der Waals surface area contributed by atoms with Gasteiger partial charge in [-0.05, 0) is 65.2 Å². The van der Waals surface area contributed by atoms with Crippen molar-refractivity contribution in [2.24, 2.45) is 0 Å². The highest BCUT2D eigenvalue weighted by Gasteiger charge is 2.41. The number of amides is 1. The molecule has 0 fully saturated rings. The first kappa shape index (κ1) is 26.7. The number of rotatable bonds is 6. The van der Waals surface area contributed by atoms with Crippen molar-refractivity contribution in [1.29, 1.82) is 0 Å². The molecule has 5 rings (SSSR count). The van der Waals surface area contributed by atoms with Gasteiger partial charge in [0.2, 0.25) is 5.91 Å². The van der Waals surface area contributed by atoms with Crippen LogP contribution in [-0.2, 0) is 25.9 Å². The molecule has 0 spiro atoms. The molecule has 1 aliphatic rings. The molecule has 0 bridgehead atoms. The summed E-state index contributed by atoms with van der Waals surface area (Å²) in [6.45, 7) is 1.83. The molecular formula is C31H29FN2O4S. The van der Waals surface area contributed by atoms with E-state index in [0.29, 0.717) is 5.75 Å². The van der Waals surface area contributed by atoms with Gasteiger partial charge in [0.05, 0.1) is 19.7 Å². The third-order valence-electron chi connectivity index (χ3n) is 7.06. The van der Waals surface area contributed by atoms with Gasteiger partial charge in [0, 0.05) is 12.6 Å². The van der Waals surface area contributed by atoms with Crippen LogP contribution in [0.4, 0.5) is 4.39 Å². The number of halogens is 1. The Balaban J connectivity index is 1.54. The standard InChI is InChI=1S/C31H29FN2O4S/c1-22-31(35)33(21-23-9-14-27(32)15-10-23)30(25-11-16-28(38-2)17-12-25)8-5-19-34(22)39(36,37)29-18-13-24-6-3-4-7-26(24)20-29/h3-18,20,22,30H,19,21H2,1-2H3/b8-5-. The predicted molar refractivity (Wildman–Crippen MR) is 149 cm³/mol. The summed E-state index contributed by atoms with van der Waals surface area (Å²) in [6, 6.07) is 24.5. The number of methoxy groups -OCH3 is 1. The first-order chi connectivity index (χ1) is 18.8. The average Bonchev–Trinajstić information content (AvgIpc) is 2.96. The Labute approximate surface area is 228 Å². The normalized spacial score (nSPS) is 20.7. The summed E-state index contributed by atoms with van der Waals surface area (Å²) in [4.78, 5) is 15.8. The number of nitrogens with zero attached hydrogens (tertiary/aromatic N) is 2. The SMILES string of the molecule is COc1ccc(C2/C=C\CN([S+](=O)([O-])c3ccc4ccccc4c3)C(C)C(=O)N2Cc2ccc(F)cc2)cc1. The average molecular weight is 545 g/mol. The van der Waals surface area contributed by atoms with Gasteiger partial charge in [0.15, 0.2) is 15.3 Å². The summed E-state index contributed by atoms with van der Waals surface area (Å²) in [5, 5.41) is 1.73. The molecule has 0 aliphatic carbocycles. The number of hydrogen-bond acceptors (Lipinski definition) is 4. The first-order valence-electron chi connectivity index (χ1n) is 12.6. The van der Waals surface area contributed by atoms with Crippen molar-refractivity contribution in [1.82, 2.24) is 9.21 Å². The number of carbonyl (C=O) groups is 1. The lowest BCUT2D eigenvalue weighted by Gasteiger charge is -2.38. The summed E-state index contributed by atoms with van der Waals surface area (Å²) in [5.41, 5.74) is 1.58. The fourth-order valence-corrected chi connectivity index (χ4v) is 6.46. The van der Waals surface area contributed by atoms with E-state index in [4.69, 9.17) is 4.74 Å². The molecule has 4 aromatic carbocycles. The molecule has 0 saturated carbocycles. The highest BCUT2D eigenvalue weighted by atomic mass is 32.3. The molecule has 0 radical (unpaired) electrons. The zero-order valence-electron chi connectivity index (χ0n) is 21.7. The van der Waals surface area contributed by atoms with Crippen molar-refractivity contribution in [2.75, 3.05) is 13.7 Å². The van der Waals surface area contributed by atoms with Crippen molar-refractivity contribution >= 4 is 27.1 Å². The van der Waals surface area contributed by atoms with Gasteiger partial charge in [-0.1, -0.05) is 64.9 Å². The minimum absolute atomic E-state index is 0.0408. The van der Waals surface area contributed by atoms with Crippen LogP contribution < -0.4 is 4.74 Å². The van der Waals surface area contributed by atoms with Crippen LogP contribution in [-0.4, -0.2) is 39.4 Å². The van der Waals surface area contributed by atoms with Crippen LogP contribution in [0.5, 0.6) is 5.75 Å². The Bertz CT molecular complexity index is 1560. The number of fused-ring (bicyclic) bond motifs is 1. The summed E-state index contributed by atoms with van der Waals surface area (Å²) < 4.78 is 47.8. The van der Waals surface area contributed by atoms with Crippen molar-refractivity contribution in [3.63, 3.8) is 0 Å². The second kappa shape index (κ2) is 11.1. The lowest BCUT2D eigenvalue weighted by Crippen LogP contribution is -2.52. The van der Waals surface area contributed by atoms with Crippen molar-refractivity contribution < 1.29 is 22.7 Å². The maximum absolute atomic E-state index is 14.1. The van der Waals surface area contributed by atoms with Gasteiger partial charge in [-0.3, -0.25) is 4.79 Å². The maximum Gasteiger partial charge on any atom is 0.245 e.